The Labute approximate surface area is 198 Å². The molecule has 0 saturated heterocycles. The SMILES string of the molecule is CCCN(Cc1nc2cc(Cl)ccc2c(=O)[nH]1)C(=O)c1nn(-c2ccccc2F)c(C)cc1=O. The van der Waals surface area contributed by atoms with E-state index in [1.807, 2.05) is 6.92 Å². The Hall–Kier alpha value is -3.85. The monoisotopic (exact) mass is 481 g/mol. The predicted molar refractivity (Wildman–Crippen MR) is 127 cm³/mol. The highest BCUT2D eigenvalue weighted by molar-refractivity contribution is 6.31. The number of hydrogen-bond acceptors (Lipinski definition) is 5. The zero-order chi connectivity index (χ0) is 24.4. The van der Waals surface area contributed by atoms with Gasteiger partial charge in [0.15, 0.2) is 5.69 Å². The maximum absolute atomic E-state index is 14.4. The highest BCUT2D eigenvalue weighted by atomic mass is 35.5. The van der Waals surface area contributed by atoms with Crippen LogP contribution in [0.2, 0.25) is 5.02 Å². The minimum atomic E-state index is -0.647. The summed E-state index contributed by atoms with van der Waals surface area (Å²) in [5, 5.41) is 4.99. The molecule has 2 aromatic carbocycles. The number of para-hydroxylation sites is 1. The molecule has 8 nitrogen and oxygen atoms in total. The largest absolute Gasteiger partial charge is 0.330 e. The molecule has 34 heavy (non-hydrogen) atoms. The lowest BCUT2D eigenvalue weighted by molar-refractivity contribution is 0.0729. The molecule has 4 rings (SSSR count). The van der Waals surface area contributed by atoms with Crippen LogP contribution in [-0.2, 0) is 6.54 Å². The highest BCUT2D eigenvalue weighted by Crippen LogP contribution is 2.16. The van der Waals surface area contributed by atoms with Crippen molar-refractivity contribution in [2.45, 2.75) is 26.8 Å². The maximum Gasteiger partial charge on any atom is 0.278 e. The lowest BCUT2D eigenvalue weighted by Crippen LogP contribution is -2.37. The number of nitrogens with zero attached hydrogens (tertiary/aromatic N) is 4. The van der Waals surface area contributed by atoms with Gasteiger partial charge >= 0.3 is 0 Å². The van der Waals surface area contributed by atoms with E-state index in [1.54, 1.807) is 31.2 Å². The van der Waals surface area contributed by atoms with Gasteiger partial charge in [-0.15, -0.1) is 0 Å². The van der Waals surface area contributed by atoms with Gasteiger partial charge in [0.2, 0.25) is 5.43 Å². The summed E-state index contributed by atoms with van der Waals surface area (Å²) in [4.78, 5) is 47.0. The number of aromatic nitrogens is 4. The topological polar surface area (TPSA) is 101 Å². The Balaban J connectivity index is 1.74. The molecule has 0 spiro atoms. The van der Waals surface area contributed by atoms with Crippen molar-refractivity contribution in [3.8, 4) is 5.69 Å². The second-order valence-electron chi connectivity index (χ2n) is 7.76. The molecule has 0 saturated carbocycles. The van der Waals surface area contributed by atoms with Crippen LogP contribution in [0.4, 0.5) is 4.39 Å². The molecule has 1 amide bonds. The van der Waals surface area contributed by atoms with E-state index >= 15 is 0 Å². The van der Waals surface area contributed by atoms with Crippen molar-refractivity contribution in [3.05, 3.63) is 97.2 Å². The number of H-pyrrole nitrogens is 1. The first kappa shape index (κ1) is 23.3. The minimum absolute atomic E-state index is 0.0565. The molecule has 2 heterocycles. The fourth-order valence-corrected chi connectivity index (χ4v) is 3.82. The van der Waals surface area contributed by atoms with Gasteiger partial charge in [0.1, 0.15) is 17.3 Å². The van der Waals surface area contributed by atoms with Gasteiger partial charge < -0.3 is 9.88 Å². The standard InChI is InChI=1S/C24H21ClFN5O3/c1-3-10-30(13-21-27-18-12-15(25)8-9-16(18)23(33)28-21)24(34)22-20(32)11-14(2)31(29-22)19-7-5-4-6-17(19)26/h4-9,11-12H,3,10,13H2,1-2H3,(H,27,28,33). The summed E-state index contributed by atoms with van der Waals surface area (Å²) in [6, 6.07) is 11.9. The van der Waals surface area contributed by atoms with Gasteiger partial charge in [0.05, 0.1) is 17.4 Å². The highest BCUT2D eigenvalue weighted by Gasteiger charge is 2.23. The number of benzene rings is 2. The summed E-state index contributed by atoms with van der Waals surface area (Å²) in [6.45, 7) is 3.70. The van der Waals surface area contributed by atoms with Crippen LogP contribution in [-0.4, -0.2) is 37.1 Å². The maximum atomic E-state index is 14.4. The van der Waals surface area contributed by atoms with Gasteiger partial charge in [-0.1, -0.05) is 30.7 Å². The molecule has 10 heteroatoms. The molecule has 0 bridgehead atoms. The number of aromatic amines is 1. The molecule has 0 unspecified atom stereocenters. The third-order valence-corrected chi connectivity index (χ3v) is 5.46. The summed E-state index contributed by atoms with van der Waals surface area (Å²) in [6.07, 6.45) is 0.586. The van der Waals surface area contributed by atoms with Crippen LogP contribution in [0.25, 0.3) is 16.6 Å². The van der Waals surface area contributed by atoms with Crippen LogP contribution < -0.4 is 11.0 Å². The zero-order valence-corrected chi connectivity index (χ0v) is 19.3. The molecule has 0 aliphatic rings. The van der Waals surface area contributed by atoms with Crippen molar-refractivity contribution in [2.75, 3.05) is 6.54 Å². The quantitative estimate of drug-likeness (QED) is 0.453. The normalized spacial score (nSPS) is 11.1. The summed E-state index contributed by atoms with van der Waals surface area (Å²) in [5.74, 6) is -0.948. The summed E-state index contributed by atoms with van der Waals surface area (Å²) in [5.41, 5.74) is -0.405. The van der Waals surface area contributed by atoms with Gasteiger partial charge in [-0.3, -0.25) is 14.4 Å². The van der Waals surface area contributed by atoms with Crippen molar-refractivity contribution in [1.82, 2.24) is 24.6 Å². The minimum Gasteiger partial charge on any atom is -0.330 e. The molecule has 0 radical (unpaired) electrons. The first-order valence-electron chi connectivity index (χ1n) is 10.6. The van der Waals surface area contributed by atoms with Crippen LogP contribution >= 0.6 is 11.6 Å². The number of fused-ring (bicyclic) bond motifs is 1. The molecule has 0 aliphatic carbocycles. The van der Waals surface area contributed by atoms with Gasteiger partial charge in [-0.2, -0.15) is 5.10 Å². The Morgan fingerprint density at radius 2 is 1.94 bits per heavy atom. The summed E-state index contributed by atoms with van der Waals surface area (Å²) >= 11 is 6.03. The van der Waals surface area contributed by atoms with Crippen LogP contribution in [0.5, 0.6) is 0 Å². The number of aryl methyl sites for hydroxylation is 1. The number of carbonyl (C=O) groups excluding carboxylic acids is 1. The average Bonchev–Trinajstić information content (AvgIpc) is 2.79. The van der Waals surface area contributed by atoms with E-state index in [0.717, 1.165) is 0 Å². The lowest BCUT2D eigenvalue weighted by atomic mass is 10.2. The van der Waals surface area contributed by atoms with E-state index < -0.39 is 17.2 Å². The molecule has 0 fully saturated rings. The molecule has 4 aromatic rings. The van der Waals surface area contributed by atoms with E-state index in [2.05, 4.69) is 15.1 Å². The van der Waals surface area contributed by atoms with Crippen LogP contribution in [0, 0.1) is 12.7 Å². The van der Waals surface area contributed by atoms with Crippen LogP contribution in [0.3, 0.4) is 0 Å². The lowest BCUT2D eigenvalue weighted by Gasteiger charge is -2.21. The molecular formula is C24H21ClFN5O3. The van der Waals surface area contributed by atoms with E-state index in [1.165, 1.54) is 33.8 Å². The molecular weight excluding hydrogens is 461 g/mol. The smallest absolute Gasteiger partial charge is 0.278 e. The summed E-state index contributed by atoms with van der Waals surface area (Å²) < 4.78 is 15.6. The molecule has 1 N–H and O–H groups in total. The number of hydrogen-bond donors (Lipinski definition) is 1. The fourth-order valence-electron chi connectivity index (χ4n) is 3.65. The van der Waals surface area contributed by atoms with Gasteiger partial charge in [-0.25, -0.2) is 14.1 Å². The number of rotatable bonds is 6. The Bertz CT molecular complexity index is 1510. The Kier molecular flexibility index (Phi) is 6.56. The third-order valence-electron chi connectivity index (χ3n) is 5.23. The summed E-state index contributed by atoms with van der Waals surface area (Å²) in [7, 11) is 0. The molecule has 0 atom stereocenters. The van der Waals surface area contributed by atoms with Gasteiger partial charge in [0.25, 0.3) is 11.5 Å². The van der Waals surface area contributed by atoms with Crippen LogP contribution in [0.1, 0.15) is 35.4 Å². The van der Waals surface area contributed by atoms with Crippen molar-refractivity contribution < 1.29 is 9.18 Å². The van der Waals surface area contributed by atoms with Crippen molar-refractivity contribution in [2.24, 2.45) is 0 Å². The van der Waals surface area contributed by atoms with Gasteiger partial charge in [0, 0.05) is 23.3 Å². The Morgan fingerprint density at radius 3 is 2.68 bits per heavy atom. The Morgan fingerprint density at radius 1 is 1.18 bits per heavy atom. The van der Waals surface area contributed by atoms with Crippen molar-refractivity contribution in [3.63, 3.8) is 0 Å². The van der Waals surface area contributed by atoms with E-state index in [9.17, 15) is 18.8 Å². The molecule has 174 valence electrons. The number of nitrogens with one attached hydrogen (secondary N) is 1. The predicted octanol–water partition coefficient (Wildman–Crippen LogP) is 3.62. The fraction of sp³-hybridized carbons (Fsp3) is 0.208. The average molecular weight is 482 g/mol. The molecule has 2 aromatic heterocycles. The van der Waals surface area contributed by atoms with E-state index in [-0.39, 0.29) is 35.9 Å². The van der Waals surface area contributed by atoms with Crippen LogP contribution in [0.15, 0.2) is 58.1 Å². The first-order chi connectivity index (χ1) is 16.3. The number of amides is 1. The number of carbonyl (C=O) groups is 1. The van der Waals surface area contributed by atoms with Gasteiger partial charge in [-0.05, 0) is 43.7 Å². The third kappa shape index (κ3) is 4.60. The van der Waals surface area contributed by atoms with Crippen molar-refractivity contribution >= 4 is 28.4 Å². The second-order valence-corrected chi connectivity index (χ2v) is 8.20. The first-order valence-corrected chi connectivity index (χ1v) is 11.0. The van der Waals surface area contributed by atoms with Crippen molar-refractivity contribution in [1.29, 1.82) is 0 Å². The molecule has 0 aliphatic heterocycles. The van der Waals surface area contributed by atoms with E-state index in [4.69, 9.17) is 11.6 Å². The zero-order valence-electron chi connectivity index (χ0n) is 18.5. The second kappa shape index (κ2) is 9.56. The number of halogens is 2. The van der Waals surface area contributed by atoms with E-state index in [0.29, 0.717) is 28.0 Å².